The van der Waals surface area contributed by atoms with Crippen molar-refractivity contribution in [2.45, 2.75) is 111 Å². The number of fused-ring (bicyclic) bond motifs is 6. The molecule has 2 aromatic carbocycles. The SMILES string of the molecule is C#CC1CCN(C(=O)N(C)[C@H](C(=O)N[C@H]2Cc3cc(O)cc(c3)-c3ccc4c(c3)c(c(-c3cccnc3[C@H](C)OC)n4CC)CC(C)(C)COC(=O)[C@@H]3CCCN(N3)C2=O)C(C)C)CC1. The Balaban J connectivity index is 1.32. The fourth-order valence-electron chi connectivity index (χ4n) is 9.83. The molecule has 0 spiro atoms. The molecule has 3 N–H and O–H groups in total. The Morgan fingerprint density at radius 2 is 1.83 bits per heavy atom. The summed E-state index contributed by atoms with van der Waals surface area (Å²) in [4.78, 5) is 64.9. The van der Waals surface area contributed by atoms with Crippen LogP contribution < -0.4 is 10.7 Å². The number of likely N-dealkylation sites (N-methyl/N-ethyl adjacent to an activating group) is 1. The molecule has 346 valence electrons. The number of piperidine rings is 1. The van der Waals surface area contributed by atoms with Crippen LogP contribution in [-0.4, -0.2) is 112 Å². The number of terminal acetylenes is 1. The number of esters is 1. The van der Waals surface area contributed by atoms with E-state index in [9.17, 15) is 24.3 Å². The van der Waals surface area contributed by atoms with Crippen molar-refractivity contribution in [3.63, 3.8) is 0 Å². The number of methoxy groups -OCH3 is 1. The van der Waals surface area contributed by atoms with Crippen molar-refractivity contribution in [2.24, 2.45) is 17.3 Å². The molecular weight excluding hydrogens is 823 g/mol. The summed E-state index contributed by atoms with van der Waals surface area (Å²) in [6.07, 6.45) is 10.1. The van der Waals surface area contributed by atoms with Crippen LogP contribution in [0.25, 0.3) is 33.3 Å². The predicted octanol–water partition coefficient (Wildman–Crippen LogP) is 6.87. The van der Waals surface area contributed by atoms with E-state index in [-0.39, 0.29) is 42.7 Å². The summed E-state index contributed by atoms with van der Waals surface area (Å²) in [5.74, 6) is 1.19. The number of rotatable bonds is 8. The number of phenolic OH excluding ortho intramolecular Hbond substituents is 1. The molecule has 14 heteroatoms. The van der Waals surface area contributed by atoms with Crippen LogP contribution in [0.5, 0.6) is 5.75 Å². The summed E-state index contributed by atoms with van der Waals surface area (Å²) in [6, 6.07) is 12.4. The minimum atomic E-state index is -1.13. The quantitative estimate of drug-likeness (QED) is 0.127. The number of cyclic esters (lactones) is 1. The predicted molar refractivity (Wildman–Crippen MR) is 250 cm³/mol. The second-order valence-corrected chi connectivity index (χ2v) is 19.0. The van der Waals surface area contributed by atoms with Gasteiger partial charge in [0.25, 0.3) is 5.91 Å². The maximum Gasteiger partial charge on any atom is 0.324 e. The zero-order valence-corrected chi connectivity index (χ0v) is 39.1. The first-order valence-corrected chi connectivity index (χ1v) is 23.0. The van der Waals surface area contributed by atoms with Crippen molar-refractivity contribution in [1.82, 2.24) is 35.1 Å². The third-order valence-electron chi connectivity index (χ3n) is 13.3. The number of hydrogen-bond acceptors (Lipinski definition) is 9. The average Bonchev–Trinajstić information content (AvgIpc) is 3.60. The van der Waals surface area contributed by atoms with Gasteiger partial charge >= 0.3 is 12.0 Å². The maximum atomic E-state index is 14.7. The minimum absolute atomic E-state index is 0.00385. The van der Waals surface area contributed by atoms with Gasteiger partial charge in [0, 0.05) is 80.8 Å². The number of ether oxygens (including phenoxy) is 2. The normalized spacial score (nSPS) is 20.4. The Labute approximate surface area is 383 Å². The van der Waals surface area contributed by atoms with E-state index in [4.69, 9.17) is 20.9 Å². The van der Waals surface area contributed by atoms with E-state index in [0.29, 0.717) is 63.8 Å². The monoisotopic (exact) mass is 887 g/mol. The molecule has 3 aliphatic heterocycles. The van der Waals surface area contributed by atoms with Crippen molar-refractivity contribution >= 4 is 34.7 Å². The topological polar surface area (TPSA) is 159 Å². The highest BCUT2D eigenvalue weighted by Gasteiger charge is 2.39. The fraction of sp³-hybridized carbons (Fsp3) is 0.510. The summed E-state index contributed by atoms with van der Waals surface area (Å²) in [5, 5.41) is 16.8. The molecular formula is C51H65N7O7. The van der Waals surface area contributed by atoms with Crippen LogP contribution in [0.2, 0.25) is 0 Å². The van der Waals surface area contributed by atoms with Gasteiger partial charge in [0.2, 0.25) is 5.91 Å². The molecule has 0 radical (unpaired) electrons. The second-order valence-electron chi connectivity index (χ2n) is 19.0. The van der Waals surface area contributed by atoms with E-state index >= 15 is 0 Å². The molecule has 0 saturated carbocycles. The van der Waals surface area contributed by atoms with Gasteiger partial charge in [-0.2, -0.15) is 0 Å². The summed E-state index contributed by atoms with van der Waals surface area (Å²) < 4.78 is 14.2. The lowest BCUT2D eigenvalue weighted by Crippen LogP contribution is -2.62. The van der Waals surface area contributed by atoms with E-state index in [1.807, 2.05) is 39.0 Å². The van der Waals surface area contributed by atoms with Crippen molar-refractivity contribution in [3.05, 3.63) is 71.5 Å². The first-order chi connectivity index (χ1) is 31.0. The highest BCUT2D eigenvalue weighted by molar-refractivity contribution is 5.96. The number of phenols is 1. The third kappa shape index (κ3) is 10.0. The van der Waals surface area contributed by atoms with Gasteiger partial charge in [0.1, 0.15) is 23.9 Å². The van der Waals surface area contributed by atoms with Gasteiger partial charge in [-0.3, -0.25) is 24.4 Å². The molecule has 4 amide bonds. The Morgan fingerprint density at radius 3 is 2.52 bits per heavy atom. The highest BCUT2D eigenvalue weighted by Crippen LogP contribution is 2.42. The van der Waals surface area contributed by atoms with E-state index in [0.717, 1.165) is 44.5 Å². The summed E-state index contributed by atoms with van der Waals surface area (Å²) in [5.41, 5.74) is 9.65. The fourth-order valence-corrected chi connectivity index (χ4v) is 9.83. The smallest absolute Gasteiger partial charge is 0.324 e. The van der Waals surface area contributed by atoms with Gasteiger partial charge in [-0.1, -0.05) is 39.8 Å². The molecule has 7 rings (SSSR count). The zero-order valence-electron chi connectivity index (χ0n) is 39.1. The van der Waals surface area contributed by atoms with Gasteiger partial charge in [-0.25, -0.2) is 10.2 Å². The van der Waals surface area contributed by atoms with Gasteiger partial charge in [-0.15, -0.1) is 12.3 Å². The van der Waals surface area contributed by atoms with Crippen molar-refractivity contribution in [2.75, 3.05) is 40.4 Å². The number of carbonyl (C=O) groups excluding carboxylic acids is 4. The molecule has 2 aromatic heterocycles. The first kappa shape index (κ1) is 47.1. The number of nitrogens with zero attached hydrogens (tertiary/aromatic N) is 5. The number of hydrazine groups is 1. The summed E-state index contributed by atoms with van der Waals surface area (Å²) in [6.45, 7) is 14.1. The number of amides is 4. The van der Waals surface area contributed by atoms with Gasteiger partial charge in [0.15, 0.2) is 0 Å². The molecule has 2 fully saturated rings. The van der Waals surface area contributed by atoms with Crippen LogP contribution in [0, 0.1) is 29.6 Å². The van der Waals surface area contributed by atoms with Crippen molar-refractivity contribution in [3.8, 4) is 40.5 Å². The molecule has 3 aliphatic rings. The number of benzene rings is 2. The summed E-state index contributed by atoms with van der Waals surface area (Å²) >= 11 is 0. The number of carbonyl (C=O) groups is 4. The standard InChI is InChI=1S/C51H65N7O7/c1-10-33-18-22-56(23-19-33)50(63)55(8)45(31(3)4)47(60)53-42-26-34-24-36(27-37(59)25-34)35-16-17-43-39(28-35)40(46(57(43)11-2)38-14-12-20-52-44(38)32(5)64-9)29-51(6,7)30-65-49(62)41-15-13-21-58(54-41)48(42)61/h1,12,14,16-17,20,24-25,27-28,31-33,41-42,45,54,59H,11,13,15,18-19,21-23,26,29-30H2,2-9H3,(H,53,60)/t32-,41-,42-,45-/m0/s1. The van der Waals surface area contributed by atoms with Gasteiger partial charge < -0.3 is 34.3 Å². The largest absolute Gasteiger partial charge is 0.508 e. The van der Waals surface area contributed by atoms with Crippen LogP contribution >= 0.6 is 0 Å². The van der Waals surface area contributed by atoms with Crippen molar-refractivity contribution in [1.29, 1.82) is 0 Å². The second kappa shape index (κ2) is 19.7. The van der Waals surface area contributed by atoms with Crippen LogP contribution in [0.3, 0.4) is 0 Å². The van der Waals surface area contributed by atoms with E-state index < -0.39 is 41.3 Å². The van der Waals surface area contributed by atoms with Crippen molar-refractivity contribution < 1.29 is 33.8 Å². The lowest BCUT2D eigenvalue weighted by molar-refractivity contribution is -0.155. The minimum Gasteiger partial charge on any atom is -0.508 e. The Kier molecular flexibility index (Phi) is 14.2. The first-order valence-electron chi connectivity index (χ1n) is 23.0. The van der Waals surface area contributed by atoms with Crippen LogP contribution in [0.1, 0.15) is 90.2 Å². The number of urea groups is 1. The Morgan fingerprint density at radius 1 is 1.08 bits per heavy atom. The van der Waals surface area contributed by atoms with Crippen LogP contribution in [-0.2, 0) is 43.2 Å². The molecule has 0 unspecified atom stereocenters. The summed E-state index contributed by atoms with van der Waals surface area (Å²) in [7, 11) is 3.29. The van der Waals surface area contributed by atoms with E-state index in [2.05, 4.69) is 60.2 Å². The van der Waals surface area contributed by atoms with Gasteiger partial charge in [-0.05, 0) is 111 Å². The lowest BCUT2D eigenvalue weighted by atomic mass is 9.84. The highest BCUT2D eigenvalue weighted by atomic mass is 16.5. The number of aromatic hydroxyl groups is 1. The number of hydrogen-bond donors (Lipinski definition) is 3. The number of aromatic nitrogens is 2. The van der Waals surface area contributed by atoms with Crippen LogP contribution in [0.15, 0.2) is 54.7 Å². The lowest BCUT2D eigenvalue weighted by Gasteiger charge is -2.38. The molecule has 14 nitrogen and oxygen atoms in total. The molecule has 4 atom stereocenters. The molecule has 4 aromatic rings. The molecule has 6 bridgehead atoms. The third-order valence-corrected chi connectivity index (χ3v) is 13.3. The number of aryl methyl sites for hydroxylation is 1. The van der Waals surface area contributed by atoms with Gasteiger partial charge in [0.05, 0.1) is 24.1 Å². The number of pyridine rings is 1. The van der Waals surface area contributed by atoms with Crippen LogP contribution in [0.4, 0.5) is 4.79 Å². The maximum absolute atomic E-state index is 14.7. The molecule has 0 aliphatic carbocycles. The molecule has 5 heterocycles. The number of nitrogens with one attached hydrogen (secondary N) is 2. The zero-order chi connectivity index (χ0) is 46.7. The molecule has 65 heavy (non-hydrogen) atoms. The Bertz CT molecular complexity index is 2460. The van der Waals surface area contributed by atoms with E-state index in [1.54, 1.807) is 37.4 Å². The Hall–Kier alpha value is -5.91. The molecule has 2 saturated heterocycles. The van der Waals surface area contributed by atoms with E-state index in [1.165, 1.54) is 9.91 Å². The number of likely N-dealkylation sites (tertiary alicyclic amines) is 1. The average molecular weight is 888 g/mol.